The summed E-state index contributed by atoms with van der Waals surface area (Å²) in [5.74, 6) is -3.21. The molecule has 0 aliphatic carbocycles. The van der Waals surface area contributed by atoms with Gasteiger partial charge in [0.1, 0.15) is 31.1 Å². The highest BCUT2D eigenvalue weighted by Crippen LogP contribution is 2.30. The molecule has 2 aromatic rings. The van der Waals surface area contributed by atoms with Gasteiger partial charge >= 0.3 is 17.9 Å². The number of carbonyl (C=O) groups excluding carboxylic acids is 6. The quantitative estimate of drug-likeness (QED) is 0.0704. The number of aryl methyl sites for hydroxylation is 2. The van der Waals surface area contributed by atoms with Gasteiger partial charge in [-0.25, -0.2) is 9.59 Å². The molecule has 3 rings (SSSR count). The maximum absolute atomic E-state index is 13.9. The summed E-state index contributed by atoms with van der Waals surface area (Å²) >= 11 is 0. The first-order chi connectivity index (χ1) is 24.3. The van der Waals surface area contributed by atoms with Gasteiger partial charge in [-0.05, 0) is 87.8 Å². The van der Waals surface area contributed by atoms with Crippen LogP contribution in [0.4, 0.5) is 5.69 Å². The number of methoxy groups -OCH3 is 1. The summed E-state index contributed by atoms with van der Waals surface area (Å²) in [6.07, 6.45) is 3.83. The molecule has 12 nitrogen and oxygen atoms in total. The summed E-state index contributed by atoms with van der Waals surface area (Å²) in [5.41, 5.74) is 1.62. The molecule has 1 aliphatic heterocycles. The van der Waals surface area contributed by atoms with Crippen molar-refractivity contribution in [2.24, 2.45) is 5.41 Å². The number of ether oxygens (including phenoxy) is 4. The fourth-order valence-electron chi connectivity index (χ4n) is 5.53. The van der Waals surface area contributed by atoms with Gasteiger partial charge in [0.25, 0.3) is 5.91 Å². The van der Waals surface area contributed by atoms with Crippen molar-refractivity contribution in [1.82, 2.24) is 4.90 Å². The van der Waals surface area contributed by atoms with Gasteiger partial charge in [-0.3, -0.25) is 19.2 Å². The van der Waals surface area contributed by atoms with Crippen LogP contribution in [0.5, 0.6) is 5.75 Å². The molecule has 1 fully saturated rings. The van der Waals surface area contributed by atoms with Crippen molar-refractivity contribution in [3.8, 4) is 5.75 Å². The molecule has 51 heavy (non-hydrogen) atoms. The van der Waals surface area contributed by atoms with Crippen LogP contribution in [0.1, 0.15) is 75.2 Å². The van der Waals surface area contributed by atoms with E-state index in [0.717, 1.165) is 23.0 Å². The summed E-state index contributed by atoms with van der Waals surface area (Å²) in [7, 11) is 1.59. The number of hydrogen-bond acceptors (Lipinski definition) is 10. The van der Waals surface area contributed by atoms with E-state index in [2.05, 4.69) is 18.5 Å². The van der Waals surface area contributed by atoms with Gasteiger partial charge in [-0.2, -0.15) is 0 Å². The molecular weight excluding hydrogens is 656 g/mol. The number of Topliss-reactive ketones (excluding diaryl/α,β-unsaturated/α-hetero) is 1. The van der Waals surface area contributed by atoms with Crippen LogP contribution in [-0.4, -0.2) is 73.3 Å². The lowest BCUT2D eigenvalue weighted by molar-refractivity contribution is -0.165. The van der Waals surface area contributed by atoms with Crippen LogP contribution >= 0.6 is 0 Å². The number of benzene rings is 2. The van der Waals surface area contributed by atoms with Crippen molar-refractivity contribution in [2.45, 2.75) is 77.9 Å². The number of nitrogens with one attached hydrogen (secondary N) is 1. The van der Waals surface area contributed by atoms with Crippen LogP contribution in [-0.2, 0) is 49.4 Å². The number of piperidine rings is 1. The molecule has 1 heterocycles. The third kappa shape index (κ3) is 11.9. The average Bonchev–Trinajstić information content (AvgIpc) is 3.13. The number of esters is 3. The number of carbonyl (C=O) groups is 6. The fourth-order valence-corrected chi connectivity index (χ4v) is 5.53. The maximum Gasteiger partial charge on any atom is 0.330 e. The Balaban J connectivity index is 1.83. The molecule has 0 spiro atoms. The second-order valence-electron chi connectivity index (χ2n) is 12.9. The summed E-state index contributed by atoms with van der Waals surface area (Å²) < 4.78 is 21.6. The van der Waals surface area contributed by atoms with Crippen LogP contribution in [0.25, 0.3) is 0 Å². The van der Waals surface area contributed by atoms with Gasteiger partial charge in [0.05, 0.1) is 18.9 Å². The highest BCUT2D eigenvalue weighted by Gasteiger charge is 2.42. The van der Waals surface area contributed by atoms with Crippen LogP contribution in [0.2, 0.25) is 0 Å². The van der Waals surface area contributed by atoms with Crippen LogP contribution in [0.3, 0.4) is 0 Å². The largest absolute Gasteiger partial charge is 0.496 e. The van der Waals surface area contributed by atoms with E-state index >= 15 is 0 Å². The molecule has 1 N–H and O–H groups in total. The lowest BCUT2D eigenvalue weighted by atomic mass is 9.87. The molecule has 12 heteroatoms. The van der Waals surface area contributed by atoms with E-state index in [-0.39, 0.29) is 32.6 Å². The first-order valence-electron chi connectivity index (χ1n) is 16.9. The molecule has 0 bridgehead atoms. The monoisotopic (exact) mass is 704 g/mol. The maximum atomic E-state index is 13.9. The summed E-state index contributed by atoms with van der Waals surface area (Å²) in [4.78, 5) is 78.1. The Kier molecular flexibility index (Phi) is 15.1. The van der Waals surface area contributed by atoms with Crippen molar-refractivity contribution in [1.29, 1.82) is 0 Å². The zero-order valence-electron chi connectivity index (χ0n) is 29.9. The number of likely N-dealkylation sites (tertiary alicyclic amines) is 1. The Morgan fingerprint density at radius 2 is 1.78 bits per heavy atom. The lowest BCUT2D eigenvalue weighted by Crippen LogP contribution is -2.53. The molecule has 0 radical (unpaired) electrons. The predicted molar refractivity (Wildman–Crippen MR) is 190 cm³/mol. The van der Waals surface area contributed by atoms with Gasteiger partial charge in [-0.15, -0.1) is 0 Å². The van der Waals surface area contributed by atoms with Crippen LogP contribution in [0.15, 0.2) is 67.8 Å². The Morgan fingerprint density at radius 1 is 1.02 bits per heavy atom. The molecule has 2 amide bonds. The highest BCUT2D eigenvalue weighted by molar-refractivity contribution is 6.38. The standard InChI is InChI=1S/C39H48N2O10/c1-7-22-49-35(44)20-19-33(42)40-29-13-11-12-28(24-29)31(18-17-27-16-15-26(3)32(23-27)48-6)51-38(47)30-14-9-10-21-41(30)37(46)36(45)39(4,5)25-50-34(43)8-2/h7-8,11-13,15-16,23-24,30-31H,1-2,9-10,14,17-22,25H2,3-6H3,(H,40,42)/t30-,31+/m0/s1. The zero-order chi connectivity index (χ0) is 37.6. The minimum Gasteiger partial charge on any atom is -0.496 e. The number of ketones is 1. The van der Waals surface area contributed by atoms with Crippen molar-refractivity contribution in [3.05, 3.63) is 84.5 Å². The van der Waals surface area contributed by atoms with Crippen LogP contribution < -0.4 is 10.1 Å². The molecular formula is C39H48N2O10. The number of anilines is 1. The topological polar surface area (TPSA) is 155 Å². The molecule has 2 aromatic carbocycles. The molecule has 1 saturated heterocycles. The van der Waals surface area contributed by atoms with Crippen molar-refractivity contribution >= 4 is 41.2 Å². The molecule has 0 aromatic heterocycles. The minimum atomic E-state index is -1.34. The van der Waals surface area contributed by atoms with Crippen molar-refractivity contribution < 1.29 is 47.7 Å². The van der Waals surface area contributed by atoms with E-state index in [9.17, 15) is 28.8 Å². The normalized spacial score (nSPS) is 14.7. The van der Waals surface area contributed by atoms with Gasteiger partial charge in [0.15, 0.2) is 0 Å². The Morgan fingerprint density at radius 3 is 2.49 bits per heavy atom. The van der Waals surface area contributed by atoms with E-state index < -0.39 is 53.1 Å². The van der Waals surface area contributed by atoms with Gasteiger partial charge in [-0.1, -0.05) is 43.5 Å². The molecule has 0 saturated carbocycles. The van der Waals surface area contributed by atoms with E-state index in [4.69, 9.17) is 18.9 Å². The van der Waals surface area contributed by atoms with E-state index in [1.54, 1.807) is 31.4 Å². The molecule has 2 atom stereocenters. The van der Waals surface area contributed by atoms with Gasteiger partial charge in [0, 0.05) is 24.7 Å². The molecule has 274 valence electrons. The third-order valence-corrected chi connectivity index (χ3v) is 8.47. The second kappa shape index (κ2) is 19.2. The van der Waals surface area contributed by atoms with E-state index in [1.165, 1.54) is 24.8 Å². The fraction of sp³-hybridized carbons (Fsp3) is 0.436. The Hall–Kier alpha value is -5.26. The average molecular weight is 705 g/mol. The molecule has 0 unspecified atom stereocenters. The lowest BCUT2D eigenvalue weighted by Gasteiger charge is -2.36. The SMILES string of the molecule is C=CCOC(=O)CCC(=O)Nc1cccc([C@@H](CCc2ccc(C)c(OC)c2)OC(=O)[C@@H]2CCCCN2C(=O)C(=O)C(C)(C)COC(=O)C=C)c1. The zero-order valence-corrected chi connectivity index (χ0v) is 29.9. The van der Waals surface area contributed by atoms with Crippen molar-refractivity contribution in [3.63, 3.8) is 0 Å². The summed E-state index contributed by atoms with van der Waals surface area (Å²) in [6.45, 7) is 11.7. The van der Waals surface area contributed by atoms with Gasteiger partial charge < -0.3 is 29.2 Å². The third-order valence-electron chi connectivity index (χ3n) is 8.47. The van der Waals surface area contributed by atoms with Gasteiger partial charge in [0.2, 0.25) is 11.7 Å². The number of nitrogens with zero attached hydrogens (tertiary/aromatic N) is 1. The summed E-state index contributed by atoms with van der Waals surface area (Å²) in [6, 6.07) is 11.7. The first kappa shape index (κ1) is 40.2. The minimum absolute atomic E-state index is 0.0618. The smallest absolute Gasteiger partial charge is 0.330 e. The molecule has 1 aliphatic rings. The summed E-state index contributed by atoms with van der Waals surface area (Å²) in [5, 5.41) is 2.78. The Labute approximate surface area is 299 Å². The highest BCUT2D eigenvalue weighted by atomic mass is 16.5. The van der Waals surface area contributed by atoms with E-state index in [0.29, 0.717) is 43.4 Å². The van der Waals surface area contributed by atoms with E-state index in [1.807, 2.05) is 25.1 Å². The predicted octanol–water partition coefficient (Wildman–Crippen LogP) is 5.37. The van der Waals surface area contributed by atoms with Crippen molar-refractivity contribution in [2.75, 3.05) is 32.2 Å². The first-order valence-corrected chi connectivity index (χ1v) is 16.9. The Bertz CT molecular complexity index is 1610. The second-order valence-corrected chi connectivity index (χ2v) is 12.9. The van der Waals surface area contributed by atoms with Crippen LogP contribution in [0, 0.1) is 12.3 Å². The number of rotatable bonds is 18. The number of amides is 2. The number of hydrogen-bond donors (Lipinski definition) is 1.